The zero-order chi connectivity index (χ0) is 9.26. The van der Waals surface area contributed by atoms with Gasteiger partial charge in [0.25, 0.3) is 0 Å². The van der Waals surface area contributed by atoms with Gasteiger partial charge in [-0.1, -0.05) is 36.4 Å². The Bertz CT molecular complexity index is 399. The molecular weight excluding hydrogens is 163 g/mol. The third kappa shape index (κ3) is 1.13. The molecule has 2 N–H and O–H groups in total. The Morgan fingerprint density at radius 3 is 1.46 bits per heavy atom. The largest absolute Gasteiger partial charge is 0.432 e. The number of hydrogen-bond acceptors (Lipinski definition) is 2. The first-order chi connectivity index (χ1) is 6.38. The van der Waals surface area contributed by atoms with E-state index in [4.69, 9.17) is 10.0 Å². The molecule has 0 radical (unpaired) electrons. The van der Waals surface area contributed by atoms with Gasteiger partial charge in [0.15, 0.2) is 0 Å². The van der Waals surface area contributed by atoms with E-state index in [1.807, 2.05) is 0 Å². The van der Waals surface area contributed by atoms with Crippen LogP contribution in [-0.2, 0) is 0 Å². The molecule has 0 saturated heterocycles. The summed E-state index contributed by atoms with van der Waals surface area (Å²) >= 11 is 0. The fourth-order valence-electron chi connectivity index (χ4n) is 1.61. The third-order valence-corrected chi connectivity index (χ3v) is 2.21. The highest BCUT2D eigenvalue weighted by molar-refractivity contribution is 6.16. The van der Waals surface area contributed by atoms with E-state index in [1.54, 1.807) is 0 Å². The van der Waals surface area contributed by atoms with Gasteiger partial charge in [0, 0.05) is 0 Å². The lowest BCUT2D eigenvalue weighted by atomic mass is 9.83. The summed E-state index contributed by atoms with van der Waals surface area (Å²) in [5, 5.41) is 17.1. The minimum Gasteiger partial charge on any atom is -0.430 e. The van der Waals surface area contributed by atoms with E-state index in [2.05, 4.69) is 36.4 Å². The summed E-state index contributed by atoms with van der Waals surface area (Å²) in [6, 6.07) is 12.9. The molecule has 0 aromatic heterocycles. The number of benzene rings is 2. The van der Waals surface area contributed by atoms with Gasteiger partial charge in [-0.2, -0.15) is 0 Å². The second-order valence-electron chi connectivity index (χ2n) is 2.85. The molecule has 3 rings (SSSR count). The average molecular weight is 172 g/mol. The van der Waals surface area contributed by atoms with E-state index in [9.17, 15) is 0 Å². The van der Waals surface area contributed by atoms with Crippen LogP contribution in [0.15, 0.2) is 36.4 Å². The SMILES string of the molecule is OBO.c1ccc2c3ccc-3c2c1. The molecule has 64 valence electrons. The molecule has 2 nitrogen and oxygen atoms in total. The zero-order valence-electron chi connectivity index (χ0n) is 7.07. The van der Waals surface area contributed by atoms with Crippen molar-refractivity contribution in [1.82, 2.24) is 0 Å². The highest BCUT2D eigenvalue weighted by atomic mass is 16.4. The Morgan fingerprint density at radius 1 is 0.769 bits per heavy atom. The minimum absolute atomic E-state index is 0.750. The number of hydrogen-bond donors (Lipinski definition) is 2. The summed E-state index contributed by atoms with van der Waals surface area (Å²) in [7, 11) is -0.750. The summed E-state index contributed by atoms with van der Waals surface area (Å²) in [5.41, 5.74) is 2.91. The molecule has 0 heterocycles. The maximum Gasteiger partial charge on any atom is 0.432 e. The molecule has 3 heteroatoms. The molecule has 1 aromatic rings. The predicted octanol–water partition coefficient (Wildman–Crippen LogP) is 1.06. The van der Waals surface area contributed by atoms with Gasteiger partial charge >= 0.3 is 7.69 Å². The minimum atomic E-state index is -0.750. The highest BCUT2D eigenvalue weighted by Crippen LogP contribution is 2.43. The fraction of sp³-hybridized carbons (Fsp3) is 0. The first-order valence-electron chi connectivity index (χ1n) is 4.12. The Morgan fingerprint density at radius 2 is 1.15 bits per heavy atom. The molecular formula is C10H9BO2. The van der Waals surface area contributed by atoms with E-state index in [-0.39, 0.29) is 0 Å². The van der Waals surface area contributed by atoms with Crippen LogP contribution >= 0.6 is 0 Å². The van der Waals surface area contributed by atoms with Crippen LogP contribution in [0.3, 0.4) is 0 Å². The predicted molar refractivity (Wildman–Crippen MR) is 54.5 cm³/mol. The molecule has 13 heavy (non-hydrogen) atoms. The van der Waals surface area contributed by atoms with Gasteiger partial charge in [0.1, 0.15) is 0 Å². The van der Waals surface area contributed by atoms with E-state index < -0.39 is 7.69 Å². The topological polar surface area (TPSA) is 40.5 Å². The van der Waals surface area contributed by atoms with Crippen molar-refractivity contribution in [2.45, 2.75) is 0 Å². The number of fused-ring (bicyclic) bond motifs is 4. The van der Waals surface area contributed by atoms with Crippen LogP contribution in [-0.4, -0.2) is 17.7 Å². The third-order valence-electron chi connectivity index (χ3n) is 2.21. The van der Waals surface area contributed by atoms with Gasteiger partial charge in [-0.25, -0.2) is 0 Å². The normalized spacial score (nSPS) is 10.3. The Hall–Kier alpha value is -1.32. The van der Waals surface area contributed by atoms with Crippen molar-refractivity contribution in [3.8, 4) is 11.1 Å². The van der Waals surface area contributed by atoms with Crippen molar-refractivity contribution in [1.29, 1.82) is 0 Å². The lowest BCUT2D eigenvalue weighted by molar-refractivity contribution is 0.448. The maximum absolute atomic E-state index is 7.12. The van der Waals surface area contributed by atoms with Crippen LogP contribution in [0.25, 0.3) is 21.9 Å². The second kappa shape index (κ2) is 3.20. The molecule has 0 amide bonds. The lowest BCUT2D eigenvalue weighted by Gasteiger charge is -2.20. The van der Waals surface area contributed by atoms with E-state index in [0.717, 1.165) is 0 Å². The fourth-order valence-corrected chi connectivity index (χ4v) is 1.61. The maximum atomic E-state index is 7.12. The summed E-state index contributed by atoms with van der Waals surface area (Å²) in [6.07, 6.45) is 0. The van der Waals surface area contributed by atoms with Gasteiger partial charge in [0.2, 0.25) is 0 Å². The van der Waals surface area contributed by atoms with Crippen LogP contribution in [0.2, 0.25) is 0 Å². The van der Waals surface area contributed by atoms with E-state index in [1.165, 1.54) is 21.9 Å². The second-order valence-corrected chi connectivity index (χ2v) is 2.85. The smallest absolute Gasteiger partial charge is 0.430 e. The van der Waals surface area contributed by atoms with Crippen LogP contribution in [0, 0.1) is 0 Å². The molecule has 0 fully saturated rings. The monoisotopic (exact) mass is 172 g/mol. The van der Waals surface area contributed by atoms with Crippen molar-refractivity contribution in [3.63, 3.8) is 0 Å². The van der Waals surface area contributed by atoms with Crippen molar-refractivity contribution >= 4 is 18.5 Å². The van der Waals surface area contributed by atoms with Gasteiger partial charge in [0.05, 0.1) is 0 Å². The highest BCUT2D eigenvalue weighted by Gasteiger charge is 2.16. The van der Waals surface area contributed by atoms with Crippen LogP contribution in [0.1, 0.15) is 0 Å². The lowest BCUT2D eigenvalue weighted by Crippen LogP contribution is -1.93. The summed E-state index contributed by atoms with van der Waals surface area (Å²) < 4.78 is 0. The molecule has 1 aromatic carbocycles. The quantitative estimate of drug-likeness (QED) is 0.497. The average Bonchev–Trinajstić information content (AvgIpc) is 2.07. The summed E-state index contributed by atoms with van der Waals surface area (Å²) in [5.74, 6) is 0. The Labute approximate surface area is 76.8 Å². The van der Waals surface area contributed by atoms with Gasteiger partial charge < -0.3 is 10.0 Å². The van der Waals surface area contributed by atoms with Gasteiger partial charge in [-0.05, 0) is 21.9 Å². The molecule has 0 unspecified atom stereocenters. The molecule has 2 aliphatic rings. The molecule has 0 aliphatic heterocycles. The summed E-state index contributed by atoms with van der Waals surface area (Å²) in [6.45, 7) is 0. The van der Waals surface area contributed by atoms with Crippen LogP contribution in [0.5, 0.6) is 0 Å². The van der Waals surface area contributed by atoms with E-state index in [0.29, 0.717) is 0 Å². The Kier molecular flexibility index (Phi) is 2.04. The molecule has 0 saturated carbocycles. The molecule has 0 spiro atoms. The first kappa shape index (κ1) is 8.29. The van der Waals surface area contributed by atoms with Crippen molar-refractivity contribution in [2.75, 3.05) is 0 Å². The summed E-state index contributed by atoms with van der Waals surface area (Å²) in [4.78, 5) is 0. The standard InChI is InChI=1S/C10H6.BH3O2/c1-2-4-8-7(3-1)9-5-6-10(8)9;2-1-3/h1-6H;1-3H. The van der Waals surface area contributed by atoms with Crippen molar-refractivity contribution in [2.24, 2.45) is 0 Å². The van der Waals surface area contributed by atoms with Gasteiger partial charge in [-0.15, -0.1) is 0 Å². The molecule has 0 atom stereocenters. The first-order valence-corrected chi connectivity index (χ1v) is 4.12. The number of rotatable bonds is 0. The van der Waals surface area contributed by atoms with Crippen molar-refractivity contribution in [3.05, 3.63) is 36.4 Å². The van der Waals surface area contributed by atoms with E-state index >= 15 is 0 Å². The van der Waals surface area contributed by atoms with Crippen molar-refractivity contribution < 1.29 is 10.0 Å². The molecule has 2 aliphatic carbocycles. The molecule has 0 bridgehead atoms. The van der Waals surface area contributed by atoms with Gasteiger partial charge in [-0.3, -0.25) is 0 Å². The Balaban J connectivity index is 0.000000196. The van der Waals surface area contributed by atoms with Crippen LogP contribution in [0.4, 0.5) is 0 Å². The zero-order valence-corrected chi connectivity index (χ0v) is 7.07. The van der Waals surface area contributed by atoms with Crippen LogP contribution < -0.4 is 0 Å².